The Kier molecular flexibility index (Phi) is 9.21. The van der Waals surface area contributed by atoms with Crippen molar-refractivity contribution in [2.45, 2.75) is 31.1 Å². The minimum absolute atomic E-state index is 0.0354. The van der Waals surface area contributed by atoms with E-state index in [-0.39, 0.29) is 38.9 Å². The number of aliphatic hydroxyl groups is 1. The summed E-state index contributed by atoms with van der Waals surface area (Å²) >= 11 is 0. The van der Waals surface area contributed by atoms with Crippen LogP contribution in [0.5, 0.6) is 0 Å². The number of carbonyl (C=O) groups is 1. The average Bonchev–Trinajstić information content (AvgIpc) is 3.37. The van der Waals surface area contributed by atoms with Crippen molar-refractivity contribution in [1.29, 1.82) is 0 Å². The van der Waals surface area contributed by atoms with Crippen LogP contribution in [0.25, 0.3) is 10.9 Å². The molecule has 1 saturated heterocycles. The van der Waals surface area contributed by atoms with Gasteiger partial charge in [-0.2, -0.15) is 0 Å². The second kappa shape index (κ2) is 11.9. The highest BCUT2D eigenvalue weighted by Gasteiger charge is 2.30. The first-order chi connectivity index (χ1) is 15.4. The van der Waals surface area contributed by atoms with Crippen LogP contribution < -0.4 is 11.1 Å². The van der Waals surface area contributed by atoms with Gasteiger partial charge in [-0.15, -0.1) is 0 Å². The molecule has 2 aromatic rings. The molecule has 11 nitrogen and oxygen atoms in total. The van der Waals surface area contributed by atoms with E-state index >= 15 is 0 Å². The third kappa shape index (κ3) is 7.36. The number of H-pyrrole nitrogens is 1. The number of phosphoric ester groups is 1. The Balaban J connectivity index is 1.25. The normalized spacial score (nSPS) is 21.5. The molecule has 0 saturated carbocycles. The van der Waals surface area contributed by atoms with Gasteiger partial charge >= 0.3 is 7.82 Å². The number of hydrogen-bond acceptors (Lipinski definition) is 8. The Morgan fingerprint density at radius 2 is 2.12 bits per heavy atom. The Labute approximate surface area is 185 Å². The predicted octanol–water partition coefficient (Wildman–Crippen LogP) is 0.454. The molecule has 4 atom stereocenters. The van der Waals surface area contributed by atoms with Crippen molar-refractivity contribution in [2.75, 3.05) is 39.6 Å². The van der Waals surface area contributed by atoms with Gasteiger partial charge < -0.3 is 35.5 Å². The summed E-state index contributed by atoms with van der Waals surface area (Å²) in [6.07, 6.45) is 1.36. The first-order valence-electron chi connectivity index (χ1n) is 10.4. The van der Waals surface area contributed by atoms with Crippen LogP contribution in [0, 0.1) is 0 Å². The van der Waals surface area contributed by atoms with Gasteiger partial charge in [0.2, 0.25) is 5.91 Å². The Hall–Kier alpha value is -1.82. The Morgan fingerprint density at radius 1 is 1.31 bits per heavy atom. The van der Waals surface area contributed by atoms with E-state index in [4.69, 9.17) is 24.3 Å². The summed E-state index contributed by atoms with van der Waals surface area (Å²) in [6, 6.07) is 7.11. The topological polar surface area (TPSA) is 165 Å². The molecule has 1 unspecified atom stereocenters. The zero-order valence-electron chi connectivity index (χ0n) is 17.6. The van der Waals surface area contributed by atoms with Crippen molar-refractivity contribution in [2.24, 2.45) is 5.73 Å². The summed E-state index contributed by atoms with van der Waals surface area (Å²) < 4.78 is 31.9. The lowest BCUT2D eigenvalue weighted by Crippen LogP contribution is -2.43. The van der Waals surface area contributed by atoms with Gasteiger partial charge in [-0.05, 0) is 24.5 Å². The number of hydrogen-bond donors (Lipinski definition) is 5. The number of amides is 1. The smallest absolute Gasteiger partial charge is 0.390 e. The monoisotopic (exact) mass is 471 g/mol. The van der Waals surface area contributed by atoms with Gasteiger partial charge in [0.05, 0.1) is 38.6 Å². The molecule has 3 rings (SSSR count). The second-order valence-corrected chi connectivity index (χ2v) is 8.89. The fourth-order valence-corrected chi connectivity index (χ4v) is 4.04. The number of fused-ring (bicyclic) bond motifs is 1. The number of phosphoric acid groups is 1. The van der Waals surface area contributed by atoms with Gasteiger partial charge in [-0.3, -0.25) is 13.8 Å². The van der Waals surface area contributed by atoms with E-state index < -0.39 is 26.1 Å². The number of ether oxygens (including phenoxy) is 2. The lowest BCUT2D eigenvalue weighted by molar-refractivity contribution is -0.122. The number of benzene rings is 1. The van der Waals surface area contributed by atoms with Gasteiger partial charge in [0.1, 0.15) is 6.10 Å². The van der Waals surface area contributed by atoms with Crippen molar-refractivity contribution in [3.05, 3.63) is 36.0 Å². The zero-order valence-corrected chi connectivity index (χ0v) is 18.5. The van der Waals surface area contributed by atoms with Gasteiger partial charge in [-0.25, -0.2) is 4.57 Å². The van der Waals surface area contributed by atoms with Crippen LogP contribution in [0.15, 0.2) is 30.5 Å². The number of para-hydroxylation sites is 1. The Morgan fingerprint density at radius 3 is 2.91 bits per heavy atom. The van der Waals surface area contributed by atoms with Crippen LogP contribution in [0.2, 0.25) is 0 Å². The lowest BCUT2D eigenvalue weighted by Gasteiger charge is -2.17. The van der Waals surface area contributed by atoms with E-state index in [0.29, 0.717) is 19.4 Å². The fraction of sp³-hybridized carbons (Fsp3) is 0.550. The summed E-state index contributed by atoms with van der Waals surface area (Å²) in [6.45, 7) is 0.437. The zero-order chi connectivity index (χ0) is 23.0. The van der Waals surface area contributed by atoms with E-state index in [0.717, 1.165) is 16.5 Å². The Bertz CT molecular complexity index is 923. The highest BCUT2D eigenvalue weighted by molar-refractivity contribution is 7.47. The minimum atomic E-state index is -4.26. The molecule has 1 aromatic carbocycles. The molecule has 178 valence electrons. The van der Waals surface area contributed by atoms with Crippen molar-refractivity contribution in [3.8, 4) is 0 Å². The summed E-state index contributed by atoms with van der Waals surface area (Å²) in [7, 11) is -4.26. The molecular weight excluding hydrogens is 441 g/mol. The molecule has 2 heterocycles. The molecule has 0 aliphatic carbocycles. The summed E-state index contributed by atoms with van der Waals surface area (Å²) in [5.41, 5.74) is 7.97. The number of nitrogens with one attached hydrogen (secondary N) is 2. The summed E-state index contributed by atoms with van der Waals surface area (Å²) in [5.74, 6) is -0.292. The van der Waals surface area contributed by atoms with Crippen molar-refractivity contribution in [1.82, 2.24) is 10.3 Å². The van der Waals surface area contributed by atoms with Crippen LogP contribution in [0.4, 0.5) is 0 Å². The van der Waals surface area contributed by atoms with Gasteiger partial charge in [0, 0.05) is 30.3 Å². The third-order valence-corrected chi connectivity index (χ3v) is 6.04. The van der Waals surface area contributed by atoms with E-state index in [1.807, 2.05) is 30.5 Å². The quantitative estimate of drug-likeness (QED) is 0.206. The molecule has 1 aromatic heterocycles. The maximum absolute atomic E-state index is 12.2. The molecule has 6 N–H and O–H groups in total. The van der Waals surface area contributed by atoms with Crippen LogP contribution in [0.1, 0.15) is 12.0 Å². The van der Waals surface area contributed by atoms with Crippen molar-refractivity contribution in [3.63, 3.8) is 0 Å². The molecule has 0 radical (unpaired) electrons. The SMILES string of the molecule is N[C@@H](Cc1c[nH]c2ccccc12)C(=O)NCCOCCOP(=O)(O)OC[C@H]1OCC[C@@H]1O. The van der Waals surface area contributed by atoms with E-state index in [2.05, 4.69) is 10.3 Å². The number of rotatable bonds is 13. The largest absolute Gasteiger partial charge is 0.472 e. The van der Waals surface area contributed by atoms with Crippen LogP contribution in [0.3, 0.4) is 0 Å². The summed E-state index contributed by atoms with van der Waals surface area (Å²) in [5, 5.41) is 13.3. The van der Waals surface area contributed by atoms with Gasteiger partial charge in [0.15, 0.2) is 0 Å². The number of nitrogens with two attached hydrogens (primary N) is 1. The highest BCUT2D eigenvalue weighted by atomic mass is 31.2. The van der Waals surface area contributed by atoms with Crippen LogP contribution >= 0.6 is 7.82 Å². The minimum Gasteiger partial charge on any atom is -0.390 e. The van der Waals surface area contributed by atoms with Crippen molar-refractivity contribution >= 4 is 24.6 Å². The standard InChI is InChI=1S/C20H30N3O8P/c21-16(11-14-12-23-17-4-2-1-3-15(14)17)20(25)22-6-8-28-9-10-30-32(26,27)31-13-19-18(24)5-7-29-19/h1-4,12,16,18-19,23-24H,5-11,13,21H2,(H,22,25)(H,26,27)/t16-,18-,19+/m0/s1. The molecular formula is C20H30N3O8P. The highest BCUT2D eigenvalue weighted by Crippen LogP contribution is 2.43. The number of carbonyl (C=O) groups excluding carboxylic acids is 1. The lowest BCUT2D eigenvalue weighted by atomic mass is 10.1. The van der Waals surface area contributed by atoms with Gasteiger partial charge in [-0.1, -0.05) is 18.2 Å². The van der Waals surface area contributed by atoms with Crippen molar-refractivity contribution < 1.29 is 37.9 Å². The van der Waals surface area contributed by atoms with E-state index in [9.17, 15) is 19.4 Å². The molecule has 12 heteroatoms. The summed E-state index contributed by atoms with van der Waals surface area (Å²) in [4.78, 5) is 25.0. The average molecular weight is 471 g/mol. The fourth-order valence-electron chi connectivity index (χ4n) is 3.32. The third-order valence-electron chi connectivity index (χ3n) is 5.06. The number of aromatic nitrogens is 1. The maximum Gasteiger partial charge on any atom is 0.472 e. The van der Waals surface area contributed by atoms with E-state index in [1.54, 1.807) is 0 Å². The second-order valence-electron chi connectivity index (χ2n) is 7.44. The number of aliphatic hydroxyl groups excluding tert-OH is 1. The van der Waals surface area contributed by atoms with Crippen LogP contribution in [-0.2, 0) is 34.3 Å². The molecule has 1 fully saturated rings. The molecule has 0 bridgehead atoms. The molecule has 1 amide bonds. The van der Waals surface area contributed by atoms with E-state index in [1.165, 1.54) is 0 Å². The molecule has 1 aliphatic rings. The first-order valence-corrected chi connectivity index (χ1v) is 11.9. The maximum atomic E-state index is 12.2. The van der Waals surface area contributed by atoms with Gasteiger partial charge in [0.25, 0.3) is 0 Å². The predicted molar refractivity (Wildman–Crippen MR) is 116 cm³/mol. The number of aromatic amines is 1. The molecule has 1 aliphatic heterocycles. The van der Waals surface area contributed by atoms with Crippen LogP contribution in [-0.4, -0.2) is 78.7 Å². The first kappa shape index (κ1) is 24.8. The molecule has 32 heavy (non-hydrogen) atoms. The molecule has 0 spiro atoms.